The monoisotopic (exact) mass is 455 g/mol. The number of rotatable bonds is 2. The molecule has 0 bridgehead atoms. The third-order valence-corrected chi connectivity index (χ3v) is 7.57. The van der Waals surface area contributed by atoms with Crippen molar-refractivity contribution in [2.45, 2.75) is 53.9 Å². The molecule has 5 rings (SSSR count). The van der Waals surface area contributed by atoms with Crippen molar-refractivity contribution in [3.8, 4) is 5.69 Å². The molecule has 0 radical (unpaired) electrons. The largest absolute Gasteiger partial charge is 0.318 e. The van der Waals surface area contributed by atoms with Crippen LogP contribution in [0.15, 0.2) is 47.3 Å². The first kappa shape index (κ1) is 21.7. The van der Waals surface area contributed by atoms with E-state index in [4.69, 9.17) is 4.98 Å². The molecule has 5 heteroatoms. The fraction of sp³-hybridized carbons (Fsp3) is 0.286. The molecular formula is C28H29N3OS. The second-order valence-corrected chi connectivity index (χ2v) is 11.0. The van der Waals surface area contributed by atoms with Gasteiger partial charge in [-0.2, -0.15) is 0 Å². The van der Waals surface area contributed by atoms with E-state index in [-0.39, 0.29) is 11.0 Å². The van der Waals surface area contributed by atoms with Crippen LogP contribution in [0.1, 0.15) is 54.4 Å². The Balaban J connectivity index is 1.63. The van der Waals surface area contributed by atoms with Gasteiger partial charge in [-0.05, 0) is 91.8 Å². The summed E-state index contributed by atoms with van der Waals surface area (Å²) in [7, 11) is 0. The van der Waals surface area contributed by atoms with Crippen LogP contribution in [-0.4, -0.2) is 14.0 Å². The lowest BCUT2D eigenvalue weighted by Crippen LogP contribution is -2.22. The first-order valence-corrected chi connectivity index (χ1v) is 12.1. The molecule has 0 unspecified atom stereocenters. The minimum Gasteiger partial charge on any atom is -0.318 e. The summed E-state index contributed by atoms with van der Waals surface area (Å²) in [4.78, 5) is 18.8. The standard InChI is InChI=1S/C28H29N3OS/c1-16-12-23-24(13-17(16)2)31-26(32)25(33-27(31)29-23)15-20-14-18(3)30(19(20)4)22-10-8-21(9-11-22)28(5,6)7/h8-15H,1-7H3/b25-15-. The molecular weight excluding hydrogens is 426 g/mol. The average molecular weight is 456 g/mol. The molecule has 3 heterocycles. The first-order chi connectivity index (χ1) is 15.5. The van der Waals surface area contributed by atoms with Crippen molar-refractivity contribution in [3.05, 3.63) is 91.0 Å². The van der Waals surface area contributed by atoms with Crippen LogP contribution in [0.2, 0.25) is 0 Å². The van der Waals surface area contributed by atoms with Crippen molar-refractivity contribution in [2.75, 3.05) is 0 Å². The summed E-state index contributed by atoms with van der Waals surface area (Å²) in [6.07, 6.45) is 2.01. The Morgan fingerprint density at radius 1 is 0.939 bits per heavy atom. The topological polar surface area (TPSA) is 39.3 Å². The third-order valence-electron chi connectivity index (χ3n) is 6.60. The molecule has 0 N–H and O–H groups in total. The number of benzene rings is 2. The normalized spacial score (nSPS) is 13.0. The Bertz CT molecular complexity index is 1640. The molecule has 0 aliphatic carbocycles. The van der Waals surface area contributed by atoms with Crippen LogP contribution in [0.4, 0.5) is 0 Å². The van der Waals surface area contributed by atoms with Gasteiger partial charge in [-0.15, -0.1) is 0 Å². The highest BCUT2D eigenvalue weighted by Crippen LogP contribution is 2.26. The molecule has 33 heavy (non-hydrogen) atoms. The van der Waals surface area contributed by atoms with Gasteiger partial charge in [0.2, 0.25) is 0 Å². The minimum atomic E-state index is 0.0000799. The molecule has 3 aromatic heterocycles. The zero-order chi connectivity index (χ0) is 23.7. The molecule has 4 nitrogen and oxygen atoms in total. The van der Waals surface area contributed by atoms with E-state index in [0.717, 1.165) is 38.6 Å². The summed E-state index contributed by atoms with van der Waals surface area (Å²) in [5.74, 6) is 0. The van der Waals surface area contributed by atoms with Crippen LogP contribution < -0.4 is 10.1 Å². The van der Waals surface area contributed by atoms with Gasteiger partial charge >= 0.3 is 0 Å². The molecule has 0 aliphatic heterocycles. The van der Waals surface area contributed by atoms with Crippen molar-refractivity contribution >= 4 is 33.4 Å². The number of aryl methyl sites for hydroxylation is 3. The summed E-state index contributed by atoms with van der Waals surface area (Å²) >= 11 is 1.46. The van der Waals surface area contributed by atoms with Crippen LogP contribution in [0.3, 0.4) is 0 Å². The van der Waals surface area contributed by atoms with Gasteiger partial charge in [0.1, 0.15) is 0 Å². The van der Waals surface area contributed by atoms with Crippen molar-refractivity contribution in [2.24, 2.45) is 0 Å². The Morgan fingerprint density at radius 2 is 1.61 bits per heavy atom. The number of imidazole rings is 1. The number of hydrogen-bond acceptors (Lipinski definition) is 3. The van der Waals surface area contributed by atoms with Gasteiger partial charge < -0.3 is 4.57 Å². The van der Waals surface area contributed by atoms with Gasteiger partial charge in [0.25, 0.3) is 5.56 Å². The number of nitrogens with zero attached hydrogens (tertiary/aromatic N) is 3. The molecule has 0 aliphatic rings. The van der Waals surface area contributed by atoms with E-state index >= 15 is 0 Å². The highest BCUT2D eigenvalue weighted by molar-refractivity contribution is 7.15. The fourth-order valence-corrected chi connectivity index (χ4v) is 5.48. The number of aromatic nitrogens is 3. The molecule has 168 valence electrons. The van der Waals surface area contributed by atoms with E-state index in [1.165, 1.54) is 28.0 Å². The zero-order valence-electron chi connectivity index (χ0n) is 20.3. The lowest BCUT2D eigenvalue weighted by atomic mass is 9.87. The zero-order valence-corrected chi connectivity index (χ0v) is 21.1. The van der Waals surface area contributed by atoms with Crippen LogP contribution in [0, 0.1) is 27.7 Å². The van der Waals surface area contributed by atoms with Gasteiger partial charge in [-0.1, -0.05) is 44.2 Å². The molecule has 0 atom stereocenters. The molecule has 0 spiro atoms. The molecule has 0 amide bonds. The van der Waals surface area contributed by atoms with Crippen LogP contribution in [0.25, 0.3) is 27.8 Å². The Morgan fingerprint density at radius 3 is 2.27 bits per heavy atom. The summed E-state index contributed by atoms with van der Waals surface area (Å²) < 4.78 is 4.71. The smallest absolute Gasteiger partial charge is 0.274 e. The number of hydrogen-bond donors (Lipinski definition) is 0. The van der Waals surface area contributed by atoms with E-state index in [1.807, 2.05) is 6.08 Å². The van der Waals surface area contributed by atoms with Gasteiger partial charge in [0.15, 0.2) is 4.96 Å². The Kier molecular flexibility index (Phi) is 4.87. The second kappa shape index (κ2) is 7.42. The third kappa shape index (κ3) is 3.51. The first-order valence-electron chi connectivity index (χ1n) is 11.3. The molecule has 0 saturated carbocycles. The SMILES string of the molecule is Cc1cc2nc3s/c(=C\c4cc(C)n(-c5ccc(C(C)(C)C)cc5)c4C)c(=O)n3c2cc1C. The maximum atomic E-state index is 13.3. The maximum Gasteiger partial charge on any atom is 0.274 e. The summed E-state index contributed by atoms with van der Waals surface area (Å²) in [6, 6.07) is 15.0. The van der Waals surface area contributed by atoms with E-state index in [0.29, 0.717) is 4.53 Å². The van der Waals surface area contributed by atoms with Crippen molar-refractivity contribution in [1.29, 1.82) is 0 Å². The Hall–Kier alpha value is -3.18. The van der Waals surface area contributed by atoms with Crippen molar-refractivity contribution in [1.82, 2.24) is 14.0 Å². The molecule has 5 aromatic rings. The van der Waals surface area contributed by atoms with Crippen molar-refractivity contribution in [3.63, 3.8) is 0 Å². The molecule has 0 fully saturated rings. The van der Waals surface area contributed by atoms with Crippen LogP contribution >= 0.6 is 11.3 Å². The maximum absolute atomic E-state index is 13.3. The summed E-state index contributed by atoms with van der Waals surface area (Å²) in [5.41, 5.74) is 10.0. The predicted octanol–water partition coefficient (Wildman–Crippen LogP) is 5.78. The highest BCUT2D eigenvalue weighted by Gasteiger charge is 2.16. The lowest BCUT2D eigenvalue weighted by Gasteiger charge is -2.20. The van der Waals surface area contributed by atoms with E-state index in [2.05, 4.69) is 95.5 Å². The van der Waals surface area contributed by atoms with Gasteiger partial charge in [-0.3, -0.25) is 4.79 Å². The quantitative estimate of drug-likeness (QED) is 0.339. The van der Waals surface area contributed by atoms with Gasteiger partial charge in [0, 0.05) is 17.1 Å². The highest BCUT2D eigenvalue weighted by atomic mass is 32.1. The second-order valence-electron chi connectivity index (χ2n) is 10.0. The van der Waals surface area contributed by atoms with Gasteiger partial charge in [0.05, 0.1) is 15.6 Å². The number of fused-ring (bicyclic) bond motifs is 3. The average Bonchev–Trinajstić information content (AvgIpc) is 3.33. The van der Waals surface area contributed by atoms with E-state index in [9.17, 15) is 4.79 Å². The van der Waals surface area contributed by atoms with E-state index < -0.39 is 0 Å². The van der Waals surface area contributed by atoms with Gasteiger partial charge in [-0.25, -0.2) is 9.38 Å². The molecule has 0 saturated heterocycles. The minimum absolute atomic E-state index is 0.0000799. The van der Waals surface area contributed by atoms with Crippen LogP contribution in [0.5, 0.6) is 0 Å². The van der Waals surface area contributed by atoms with E-state index in [1.54, 1.807) is 4.40 Å². The molecule has 2 aromatic carbocycles. The Labute approximate surface area is 197 Å². The summed E-state index contributed by atoms with van der Waals surface area (Å²) in [5, 5.41) is 0. The summed E-state index contributed by atoms with van der Waals surface area (Å²) in [6.45, 7) is 15.1. The fourth-order valence-electron chi connectivity index (χ4n) is 4.50. The lowest BCUT2D eigenvalue weighted by molar-refractivity contribution is 0.590. The van der Waals surface area contributed by atoms with Crippen LogP contribution in [-0.2, 0) is 5.41 Å². The number of thiazole rings is 1. The predicted molar refractivity (Wildman–Crippen MR) is 139 cm³/mol. The van der Waals surface area contributed by atoms with Crippen molar-refractivity contribution < 1.29 is 0 Å².